The Labute approximate surface area is 155 Å². The third-order valence-corrected chi connectivity index (χ3v) is 4.60. The zero-order valence-corrected chi connectivity index (χ0v) is 15.2. The van der Waals surface area contributed by atoms with Gasteiger partial charge in [0.15, 0.2) is 0 Å². The summed E-state index contributed by atoms with van der Waals surface area (Å²) in [7, 11) is 0. The number of hydrogen-bond acceptors (Lipinski definition) is 3. The molecule has 0 saturated heterocycles. The Morgan fingerprint density at radius 3 is 2.84 bits per heavy atom. The minimum absolute atomic E-state index is 0.645. The third-order valence-electron chi connectivity index (χ3n) is 4.10. The lowest BCUT2D eigenvalue weighted by Gasteiger charge is -2.22. The van der Waals surface area contributed by atoms with Gasteiger partial charge in [0.2, 0.25) is 0 Å². The van der Waals surface area contributed by atoms with Gasteiger partial charge < -0.3 is 14.6 Å². The molecule has 4 nitrogen and oxygen atoms in total. The highest BCUT2D eigenvalue weighted by atomic mass is 79.9. The van der Waals surface area contributed by atoms with Gasteiger partial charge in [-0.25, -0.2) is 4.98 Å². The van der Waals surface area contributed by atoms with Gasteiger partial charge in [0.25, 0.3) is 0 Å². The second-order valence-corrected chi connectivity index (χ2v) is 6.82. The maximum absolute atomic E-state index is 5.78. The molecule has 2 aromatic carbocycles. The summed E-state index contributed by atoms with van der Waals surface area (Å²) in [6.07, 6.45) is 4.18. The monoisotopic (exact) mass is 395 g/mol. The number of imidazole rings is 1. The number of benzene rings is 2. The van der Waals surface area contributed by atoms with Crippen molar-refractivity contribution in [3.05, 3.63) is 76.7 Å². The first-order chi connectivity index (χ1) is 12.3. The van der Waals surface area contributed by atoms with E-state index in [1.807, 2.05) is 42.5 Å². The quantitative estimate of drug-likeness (QED) is 0.680. The van der Waals surface area contributed by atoms with Crippen LogP contribution in [0.15, 0.2) is 65.3 Å². The molecule has 0 fully saturated rings. The van der Waals surface area contributed by atoms with Gasteiger partial charge in [0, 0.05) is 16.2 Å². The Balaban J connectivity index is 1.40. The molecule has 0 radical (unpaired) electrons. The highest BCUT2D eigenvalue weighted by molar-refractivity contribution is 9.10. The Morgan fingerprint density at radius 1 is 1.12 bits per heavy atom. The van der Waals surface area contributed by atoms with Gasteiger partial charge >= 0.3 is 0 Å². The van der Waals surface area contributed by atoms with Crippen molar-refractivity contribution in [1.29, 1.82) is 0 Å². The lowest BCUT2D eigenvalue weighted by molar-refractivity contribution is 0.248. The minimum atomic E-state index is 0.645. The van der Waals surface area contributed by atoms with E-state index in [-0.39, 0.29) is 0 Å². The topological polar surface area (TPSA) is 41.2 Å². The number of aromatic nitrogens is 2. The molecule has 126 valence electrons. The number of para-hydroxylation sites is 1. The summed E-state index contributed by atoms with van der Waals surface area (Å²) in [6.45, 7) is 2.25. The van der Waals surface area contributed by atoms with E-state index >= 15 is 0 Å². The molecule has 1 N–H and O–H groups in total. The third kappa shape index (κ3) is 3.77. The summed E-state index contributed by atoms with van der Waals surface area (Å²) in [6, 6.07) is 18.1. The van der Waals surface area contributed by atoms with Crippen LogP contribution in [-0.2, 0) is 6.54 Å². The van der Waals surface area contributed by atoms with E-state index < -0.39 is 0 Å². The fraction of sp³-hybridized carbons (Fsp3) is 0.150. The van der Waals surface area contributed by atoms with Crippen LogP contribution in [0.3, 0.4) is 0 Å². The summed E-state index contributed by atoms with van der Waals surface area (Å²) in [5.74, 6) is 1.80. The molecule has 0 bridgehead atoms. The van der Waals surface area contributed by atoms with Crippen LogP contribution >= 0.6 is 15.9 Å². The lowest BCUT2D eigenvalue weighted by atomic mass is 10.2. The van der Waals surface area contributed by atoms with Crippen molar-refractivity contribution in [2.24, 2.45) is 0 Å². The zero-order valence-electron chi connectivity index (χ0n) is 13.7. The van der Waals surface area contributed by atoms with Gasteiger partial charge in [-0.15, -0.1) is 0 Å². The van der Waals surface area contributed by atoms with Crippen LogP contribution in [0.2, 0.25) is 0 Å². The Bertz CT molecular complexity index is 889. The maximum atomic E-state index is 5.78. The molecule has 0 unspecified atom stereocenters. The van der Waals surface area contributed by atoms with Crippen LogP contribution in [-0.4, -0.2) is 28.0 Å². The van der Waals surface area contributed by atoms with E-state index in [1.165, 1.54) is 0 Å². The minimum Gasteiger partial charge on any atom is -0.492 e. The second kappa shape index (κ2) is 7.15. The van der Waals surface area contributed by atoms with E-state index in [0.29, 0.717) is 6.61 Å². The molecular weight excluding hydrogens is 378 g/mol. The van der Waals surface area contributed by atoms with Gasteiger partial charge in [-0.1, -0.05) is 46.3 Å². The van der Waals surface area contributed by atoms with Crippen molar-refractivity contribution < 1.29 is 4.74 Å². The first-order valence-electron chi connectivity index (χ1n) is 8.23. The van der Waals surface area contributed by atoms with Crippen molar-refractivity contribution in [3.8, 4) is 17.1 Å². The second-order valence-electron chi connectivity index (χ2n) is 5.90. The summed E-state index contributed by atoms with van der Waals surface area (Å²) < 4.78 is 6.83. The first-order valence-corrected chi connectivity index (χ1v) is 9.02. The normalized spacial score (nSPS) is 12.9. The fourth-order valence-electron chi connectivity index (χ4n) is 2.83. The van der Waals surface area contributed by atoms with Gasteiger partial charge in [-0.2, -0.15) is 0 Å². The highest BCUT2D eigenvalue weighted by Gasteiger charge is 2.16. The molecule has 2 heterocycles. The average Bonchev–Trinajstić information content (AvgIpc) is 3.06. The van der Waals surface area contributed by atoms with Gasteiger partial charge in [-0.3, -0.25) is 0 Å². The number of aromatic amines is 1. The van der Waals surface area contributed by atoms with Crippen LogP contribution in [0.1, 0.15) is 11.4 Å². The molecule has 5 heteroatoms. The Morgan fingerprint density at radius 2 is 2.00 bits per heavy atom. The van der Waals surface area contributed by atoms with E-state index in [2.05, 4.69) is 50.2 Å². The standard InChI is InChI=1S/C20H18BrN3O/c21-16-6-4-5-15(13-16)20-22-18-9-10-24(14-19(18)23-20)11-12-25-17-7-2-1-3-8-17/h1-10,13H,11-12,14H2,(H,22,23). The molecule has 1 aliphatic heterocycles. The Hall–Kier alpha value is -2.53. The summed E-state index contributed by atoms with van der Waals surface area (Å²) in [5, 5.41) is 0. The number of fused-ring (bicyclic) bond motifs is 1. The summed E-state index contributed by atoms with van der Waals surface area (Å²) in [4.78, 5) is 10.4. The predicted octanol–water partition coefficient (Wildman–Crippen LogP) is 4.70. The SMILES string of the molecule is Brc1cccc(-c2nc3c([nH]2)C=CN(CCOc2ccccc2)C3)c1. The van der Waals surface area contributed by atoms with Gasteiger partial charge in [0.05, 0.1) is 24.5 Å². The molecular formula is C20H18BrN3O. The largest absolute Gasteiger partial charge is 0.492 e. The fourth-order valence-corrected chi connectivity index (χ4v) is 3.23. The van der Waals surface area contributed by atoms with Gasteiger partial charge in [-0.05, 0) is 30.3 Å². The van der Waals surface area contributed by atoms with Crippen molar-refractivity contribution in [3.63, 3.8) is 0 Å². The van der Waals surface area contributed by atoms with Crippen LogP contribution in [0.4, 0.5) is 0 Å². The summed E-state index contributed by atoms with van der Waals surface area (Å²) in [5.41, 5.74) is 3.23. The average molecular weight is 396 g/mol. The predicted molar refractivity (Wildman–Crippen MR) is 103 cm³/mol. The highest BCUT2D eigenvalue weighted by Crippen LogP contribution is 2.25. The van der Waals surface area contributed by atoms with Crippen LogP contribution in [0.5, 0.6) is 5.75 Å². The molecule has 0 amide bonds. The maximum Gasteiger partial charge on any atom is 0.138 e. The number of halogens is 1. The molecule has 0 saturated carbocycles. The number of nitrogens with zero attached hydrogens (tertiary/aromatic N) is 2. The molecule has 0 aliphatic carbocycles. The number of rotatable bonds is 5. The Kier molecular flexibility index (Phi) is 4.57. The molecule has 25 heavy (non-hydrogen) atoms. The smallest absolute Gasteiger partial charge is 0.138 e. The van der Waals surface area contributed by atoms with Crippen LogP contribution in [0, 0.1) is 0 Å². The number of H-pyrrole nitrogens is 1. The summed E-state index contributed by atoms with van der Waals surface area (Å²) >= 11 is 3.51. The number of nitrogens with one attached hydrogen (secondary N) is 1. The molecule has 0 spiro atoms. The molecule has 3 aromatic rings. The molecule has 4 rings (SSSR count). The van der Waals surface area contributed by atoms with Crippen molar-refractivity contribution in [2.45, 2.75) is 6.54 Å². The number of hydrogen-bond donors (Lipinski definition) is 1. The van der Waals surface area contributed by atoms with E-state index in [9.17, 15) is 0 Å². The molecule has 1 aromatic heterocycles. The van der Waals surface area contributed by atoms with E-state index in [4.69, 9.17) is 9.72 Å². The van der Waals surface area contributed by atoms with Crippen LogP contribution < -0.4 is 4.74 Å². The van der Waals surface area contributed by atoms with Crippen molar-refractivity contribution in [1.82, 2.24) is 14.9 Å². The zero-order chi connectivity index (χ0) is 17.1. The lowest BCUT2D eigenvalue weighted by Crippen LogP contribution is -2.25. The van der Waals surface area contributed by atoms with E-state index in [0.717, 1.165) is 46.1 Å². The first kappa shape index (κ1) is 16.0. The van der Waals surface area contributed by atoms with Gasteiger partial charge in [0.1, 0.15) is 18.2 Å². The van der Waals surface area contributed by atoms with Crippen molar-refractivity contribution in [2.75, 3.05) is 13.2 Å². The molecule has 1 aliphatic rings. The number of ether oxygens (including phenoxy) is 1. The van der Waals surface area contributed by atoms with Crippen LogP contribution in [0.25, 0.3) is 17.5 Å². The van der Waals surface area contributed by atoms with Crippen molar-refractivity contribution >= 4 is 22.0 Å². The molecule has 0 atom stereocenters. The van der Waals surface area contributed by atoms with E-state index in [1.54, 1.807) is 0 Å².